The Morgan fingerprint density at radius 3 is 1.83 bits per heavy atom. The third kappa shape index (κ3) is 12.2. The van der Waals surface area contributed by atoms with E-state index in [1.54, 1.807) is 7.11 Å². The molecule has 2 fully saturated rings. The van der Waals surface area contributed by atoms with Gasteiger partial charge in [0.05, 0.1) is 43.4 Å². The summed E-state index contributed by atoms with van der Waals surface area (Å²) in [7, 11) is -2.02. The summed E-state index contributed by atoms with van der Waals surface area (Å²) in [6, 6.07) is 0. The van der Waals surface area contributed by atoms with Crippen LogP contribution in [0.5, 0.6) is 0 Å². The molecule has 0 amide bonds. The molecule has 208 valence electrons. The Morgan fingerprint density at radius 2 is 1.34 bits per heavy atom. The van der Waals surface area contributed by atoms with Crippen molar-refractivity contribution in [1.29, 1.82) is 0 Å². The lowest BCUT2D eigenvalue weighted by Crippen LogP contribution is -2.37. The highest BCUT2D eigenvalue weighted by Gasteiger charge is 2.42. The van der Waals surface area contributed by atoms with Crippen molar-refractivity contribution >= 4 is 10.1 Å². The molecule has 0 aliphatic carbocycles. The first-order valence-electron chi connectivity index (χ1n) is 13.8. The van der Waals surface area contributed by atoms with E-state index in [2.05, 4.69) is 6.92 Å². The van der Waals surface area contributed by atoms with Gasteiger partial charge < -0.3 is 24.1 Å². The van der Waals surface area contributed by atoms with Crippen LogP contribution in [0.1, 0.15) is 103 Å². The second kappa shape index (κ2) is 17.3. The Hall–Kier alpha value is -0.290. The van der Waals surface area contributed by atoms with Gasteiger partial charge in [-0.3, -0.25) is 4.18 Å². The van der Waals surface area contributed by atoms with Crippen molar-refractivity contribution in [3.63, 3.8) is 0 Å². The van der Waals surface area contributed by atoms with Crippen LogP contribution < -0.4 is 0 Å². The quantitative estimate of drug-likeness (QED) is 0.139. The smallest absolute Gasteiger partial charge is 0.264 e. The summed E-state index contributed by atoms with van der Waals surface area (Å²) in [5.41, 5.74) is 0. The summed E-state index contributed by atoms with van der Waals surface area (Å²) in [4.78, 5) is 0. The molecule has 0 radical (unpaired) electrons. The topological polar surface area (TPSA) is 101 Å². The van der Waals surface area contributed by atoms with Gasteiger partial charge >= 0.3 is 0 Å². The second-order valence-corrected chi connectivity index (χ2v) is 11.8. The lowest BCUT2D eigenvalue weighted by Gasteiger charge is -2.26. The van der Waals surface area contributed by atoms with Crippen molar-refractivity contribution in [3.05, 3.63) is 0 Å². The number of unbranched alkanes of at least 4 members (excludes halogenated alkanes) is 9. The highest BCUT2D eigenvalue weighted by atomic mass is 32.2. The minimum atomic E-state index is -3.66. The molecule has 6 atom stereocenters. The molecular weight excluding hydrogens is 472 g/mol. The van der Waals surface area contributed by atoms with Crippen LogP contribution in [0.3, 0.4) is 0 Å². The SMILES string of the molecule is CCCCCCCCCCCC[C@H](OCOC)[C@H]1CC[C@H]([C@H]2CC[C@H]([C@H](CO)OS(C)(=O)=O)O2)O1. The van der Waals surface area contributed by atoms with Crippen LogP contribution in [-0.4, -0.2) is 76.9 Å². The van der Waals surface area contributed by atoms with Gasteiger partial charge in [-0.25, -0.2) is 0 Å². The Kier molecular flexibility index (Phi) is 15.3. The standard InChI is InChI=1S/C26H50O8S/c1-4-5-6-7-8-9-10-11-12-13-14-21(31-20-30-2)22-15-16-23(32-22)24-17-18-25(33-24)26(19-27)34-35(3,28)29/h21-27H,4-20H2,1-3H3/t21-,22+,23+,24+,25+,26-/m0/s1. The number of aliphatic hydroxyl groups excluding tert-OH is 1. The largest absolute Gasteiger partial charge is 0.394 e. The Morgan fingerprint density at radius 1 is 0.829 bits per heavy atom. The van der Waals surface area contributed by atoms with Gasteiger partial charge in [0.2, 0.25) is 0 Å². The zero-order chi connectivity index (χ0) is 25.5. The number of methoxy groups -OCH3 is 1. The highest BCUT2D eigenvalue weighted by Crippen LogP contribution is 2.35. The van der Waals surface area contributed by atoms with Crippen molar-refractivity contribution < 1.29 is 36.7 Å². The number of hydrogen-bond acceptors (Lipinski definition) is 8. The molecule has 0 bridgehead atoms. The van der Waals surface area contributed by atoms with Crippen LogP contribution in [0.4, 0.5) is 0 Å². The van der Waals surface area contributed by atoms with Crippen molar-refractivity contribution in [3.8, 4) is 0 Å². The second-order valence-electron chi connectivity index (χ2n) is 10.2. The van der Waals surface area contributed by atoms with Gasteiger partial charge in [0.15, 0.2) is 0 Å². The molecule has 0 spiro atoms. The van der Waals surface area contributed by atoms with E-state index in [1.165, 1.54) is 57.8 Å². The molecule has 0 aromatic carbocycles. The predicted octanol–water partition coefficient (Wildman–Crippen LogP) is 4.72. The molecule has 2 rings (SSSR count). The first kappa shape index (κ1) is 30.9. The molecule has 0 saturated carbocycles. The molecule has 2 aliphatic rings. The molecule has 9 heteroatoms. The van der Waals surface area contributed by atoms with Crippen molar-refractivity contribution in [2.75, 3.05) is 26.8 Å². The number of rotatable bonds is 20. The normalized spacial score (nSPS) is 26.9. The van der Waals surface area contributed by atoms with E-state index in [4.69, 9.17) is 23.1 Å². The molecular formula is C26H50O8S. The van der Waals surface area contributed by atoms with E-state index < -0.39 is 28.9 Å². The molecule has 2 aliphatic heterocycles. The Labute approximate surface area is 213 Å². The molecule has 8 nitrogen and oxygen atoms in total. The highest BCUT2D eigenvalue weighted by molar-refractivity contribution is 7.86. The fourth-order valence-corrected chi connectivity index (χ4v) is 5.91. The average Bonchev–Trinajstić information content (AvgIpc) is 3.50. The van der Waals surface area contributed by atoms with Crippen LogP contribution >= 0.6 is 0 Å². The van der Waals surface area contributed by atoms with Crippen LogP contribution in [-0.2, 0) is 33.2 Å². The lowest BCUT2D eigenvalue weighted by molar-refractivity contribution is -0.146. The predicted molar refractivity (Wildman–Crippen MR) is 136 cm³/mol. The van der Waals surface area contributed by atoms with Crippen LogP contribution in [0.15, 0.2) is 0 Å². The molecule has 35 heavy (non-hydrogen) atoms. The monoisotopic (exact) mass is 522 g/mol. The van der Waals surface area contributed by atoms with E-state index in [1.807, 2.05) is 0 Å². The summed E-state index contributed by atoms with van der Waals surface area (Å²) in [5, 5.41) is 9.56. The first-order chi connectivity index (χ1) is 16.9. The minimum Gasteiger partial charge on any atom is -0.394 e. The van der Waals surface area contributed by atoms with Crippen LogP contribution in [0, 0.1) is 0 Å². The van der Waals surface area contributed by atoms with E-state index in [9.17, 15) is 13.5 Å². The van der Waals surface area contributed by atoms with Crippen molar-refractivity contribution in [2.24, 2.45) is 0 Å². The molecule has 0 aromatic rings. The molecule has 2 saturated heterocycles. The van der Waals surface area contributed by atoms with Crippen molar-refractivity contribution in [1.82, 2.24) is 0 Å². The van der Waals surface area contributed by atoms with Gasteiger partial charge in [-0.05, 0) is 32.1 Å². The lowest BCUT2D eigenvalue weighted by atomic mass is 10.0. The minimum absolute atomic E-state index is 0.00459. The fourth-order valence-electron chi connectivity index (χ4n) is 5.27. The number of aliphatic hydroxyl groups is 1. The van der Waals surface area contributed by atoms with E-state index in [-0.39, 0.29) is 31.2 Å². The average molecular weight is 523 g/mol. The fraction of sp³-hybridized carbons (Fsp3) is 1.00. The molecule has 0 unspecified atom stereocenters. The van der Waals surface area contributed by atoms with Crippen LogP contribution in [0.25, 0.3) is 0 Å². The van der Waals surface area contributed by atoms with E-state index in [0.29, 0.717) is 6.42 Å². The summed E-state index contributed by atoms with van der Waals surface area (Å²) in [6.07, 6.45) is 16.7. The zero-order valence-electron chi connectivity index (χ0n) is 22.2. The van der Waals surface area contributed by atoms with E-state index in [0.717, 1.165) is 38.4 Å². The van der Waals surface area contributed by atoms with Gasteiger partial charge in [-0.15, -0.1) is 0 Å². The third-order valence-corrected chi connectivity index (χ3v) is 7.73. The van der Waals surface area contributed by atoms with Gasteiger partial charge in [-0.2, -0.15) is 8.42 Å². The van der Waals surface area contributed by atoms with Gasteiger partial charge in [0.25, 0.3) is 10.1 Å². The first-order valence-corrected chi connectivity index (χ1v) is 15.6. The maximum Gasteiger partial charge on any atom is 0.264 e. The molecule has 0 aromatic heterocycles. The maximum absolute atomic E-state index is 11.5. The van der Waals surface area contributed by atoms with E-state index >= 15 is 0 Å². The maximum atomic E-state index is 11.5. The van der Waals surface area contributed by atoms with Gasteiger partial charge in [0, 0.05) is 7.11 Å². The summed E-state index contributed by atoms with van der Waals surface area (Å²) < 4.78 is 51.6. The Balaban J connectivity index is 1.70. The summed E-state index contributed by atoms with van der Waals surface area (Å²) in [5.74, 6) is 0. The Bertz CT molecular complexity index is 643. The number of ether oxygens (including phenoxy) is 4. The summed E-state index contributed by atoms with van der Waals surface area (Å²) >= 11 is 0. The van der Waals surface area contributed by atoms with Crippen molar-refractivity contribution in [2.45, 2.75) is 140 Å². The summed E-state index contributed by atoms with van der Waals surface area (Å²) in [6.45, 7) is 2.12. The van der Waals surface area contributed by atoms with Gasteiger partial charge in [0.1, 0.15) is 12.9 Å². The van der Waals surface area contributed by atoms with Gasteiger partial charge in [-0.1, -0.05) is 71.1 Å². The third-order valence-electron chi connectivity index (χ3n) is 7.14. The number of hydrogen-bond donors (Lipinski definition) is 1. The zero-order valence-corrected chi connectivity index (χ0v) is 23.0. The molecule has 1 N–H and O–H groups in total. The molecule has 2 heterocycles. The van der Waals surface area contributed by atoms with Crippen LogP contribution in [0.2, 0.25) is 0 Å².